The average Bonchev–Trinajstić information content (AvgIpc) is 2.93. The molecule has 0 N–H and O–H groups in total. The smallest absolute Gasteiger partial charge is 0.323 e. The lowest BCUT2D eigenvalue weighted by molar-refractivity contribution is -0.171. The molecule has 0 unspecified atom stereocenters. The number of carbonyl (C=O) groups excluding carboxylic acids is 4. The summed E-state index contributed by atoms with van der Waals surface area (Å²) in [5.74, 6) is -2.95. The van der Waals surface area contributed by atoms with Gasteiger partial charge in [0.25, 0.3) is 0 Å². The van der Waals surface area contributed by atoms with E-state index in [2.05, 4.69) is 0 Å². The first-order chi connectivity index (χ1) is 17.3. The molecule has 0 heterocycles. The van der Waals surface area contributed by atoms with Crippen molar-refractivity contribution in [1.82, 2.24) is 0 Å². The summed E-state index contributed by atoms with van der Waals surface area (Å²) in [5.41, 5.74) is -0.884. The summed E-state index contributed by atoms with van der Waals surface area (Å²) in [4.78, 5) is 52.8. The topological polar surface area (TPSA) is 105 Å². The van der Waals surface area contributed by atoms with Gasteiger partial charge >= 0.3 is 23.9 Å². The van der Waals surface area contributed by atoms with Crippen molar-refractivity contribution in [1.29, 1.82) is 0 Å². The molecule has 2 aromatic carbocycles. The molecular weight excluding hydrogens is 464 g/mol. The molecule has 8 nitrogen and oxygen atoms in total. The number of rotatable bonds is 5. The van der Waals surface area contributed by atoms with Gasteiger partial charge in [-0.15, -0.1) is 0 Å². The molecule has 0 atom stereocenters. The van der Waals surface area contributed by atoms with Gasteiger partial charge in [0.2, 0.25) is 0 Å². The fourth-order valence-electron chi connectivity index (χ4n) is 4.80. The van der Waals surface area contributed by atoms with Crippen LogP contribution >= 0.6 is 0 Å². The highest BCUT2D eigenvalue weighted by Gasteiger charge is 2.52. The van der Waals surface area contributed by atoms with Crippen LogP contribution in [0.3, 0.4) is 0 Å². The van der Waals surface area contributed by atoms with Crippen molar-refractivity contribution in [3.63, 3.8) is 0 Å². The number of fused-ring (bicyclic) bond motifs is 1. The monoisotopic (exact) mass is 494 g/mol. The van der Waals surface area contributed by atoms with Crippen LogP contribution in [-0.2, 0) is 51.0 Å². The van der Waals surface area contributed by atoms with Crippen molar-refractivity contribution >= 4 is 29.5 Å². The van der Waals surface area contributed by atoms with E-state index in [0.717, 1.165) is 0 Å². The summed E-state index contributed by atoms with van der Waals surface area (Å²) in [7, 11) is 4.89. The maximum atomic E-state index is 13.3. The summed E-state index contributed by atoms with van der Waals surface area (Å²) in [6.07, 6.45) is 1.41. The van der Waals surface area contributed by atoms with Gasteiger partial charge in [-0.2, -0.15) is 0 Å². The van der Waals surface area contributed by atoms with E-state index in [0.29, 0.717) is 22.3 Å². The van der Waals surface area contributed by atoms with E-state index in [9.17, 15) is 19.2 Å². The Morgan fingerprint density at radius 3 is 1.47 bits per heavy atom. The minimum atomic E-state index is -1.70. The first-order valence-corrected chi connectivity index (χ1v) is 11.4. The molecule has 0 saturated heterocycles. The summed E-state index contributed by atoms with van der Waals surface area (Å²) in [6, 6.07) is 16.1. The van der Waals surface area contributed by atoms with Gasteiger partial charge in [0.05, 0.1) is 28.4 Å². The Morgan fingerprint density at radius 2 is 1.00 bits per heavy atom. The van der Waals surface area contributed by atoms with E-state index in [1.54, 1.807) is 30.3 Å². The van der Waals surface area contributed by atoms with Crippen LogP contribution in [0.15, 0.2) is 60.7 Å². The fourth-order valence-corrected chi connectivity index (χ4v) is 4.80. The second kappa shape index (κ2) is 11.2. The number of hydrogen-bond donors (Lipinski definition) is 0. The van der Waals surface area contributed by atoms with Crippen LogP contribution in [0, 0.1) is 10.8 Å². The molecule has 190 valence electrons. The van der Waals surface area contributed by atoms with Crippen molar-refractivity contribution in [3.8, 4) is 0 Å². The van der Waals surface area contributed by atoms with Crippen LogP contribution < -0.4 is 0 Å². The van der Waals surface area contributed by atoms with Gasteiger partial charge in [-0.3, -0.25) is 19.2 Å². The molecule has 0 aliphatic heterocycles. The van der Waals surface area contributed by atoms with Gasteiger partial charge in [0.15, 0.2) is 10.8 Å². The first kappa shape index (κ1) is 26.7. The number of allylic oxidation sites excluding steroid dienone is 2. The van der Waals surface area contributed by atoms with Crippen molar-refractivity contribution in [2.75, 3.05) is 28.4 Å². The number of hydrogen-bond acceptors (Lipinski definition) is 8. The molecular formula is C28H30O8. The van der Waals surface area contributed by atoms with Gasteiger partial charge < -0.3 is 18.9 Å². The molecule has 36 heavy (non-hydrogen) atoms. The normalized spacial score (nSPS) is 17.8. The van der Waals surface area contributed by atoms with E-state index < -0.39 is 34.7 Å². The number of esters is 4. The Morgan fingerprint density at radius 1 is 0.583 bits per heavy atom. The first-order valence-electron chi connectivity index (χ1n) is 11.4. The third-order valence-electron chi connectivity index (χ3n) is 6.74. The van der Waals surface area contributed by atoms with Gasteiger partial charge in [-0.25, -0.2) is 0 Å². The molecule has 3 rings (SSSR count). The maximum absolute atomic E-state index is 13.3. The van der Waals surface area contributed by atoms with Gasteiger partial charge in [-0.1, -0.05) is 60.7 Å². The molecule has 8 heteroatoms. The quantitative estimate of drug-likeness (QED) is 0.354. The third-order valence-corrected chi connectivity index (χ3v) is 6.74. The predicted molar refractivity (Wildman–Crippen MR) is 130 cm³/mol. The lowest BCUT2D eigenvalue weighted by Crippen LogP contribution is -2.46. The Balaban J connectivity index is 2.36. The van der Waals surface area contributed by atoms with E-state index in [1.807, 2.05) is 30.3 Å². The Hall–Kier alpha value is -3.94. The number of carbonyl (C=O) groups is 4. The molecule has 0 aromatic heterocycles. The predicted octanol–water partition coefficient (Wildman–Crippen LogP) is 3.31. The van der Waals surface area contributed by atoms with Gasteiger partial charge in [0.1, 0.15) is 0 Å². The van der Waals surface area contributed by atoms with Crippen LogP contribution in [0.4, 0.5) is 0 Å². The minimum Gasteiger partial charge on any atom is -0.468 e. The van der Waals surface area contributed by atoms with E-state index >= 15 is 0 Å². The highest BCUT2D eigenvalue weighted by Crippen LogP contribution is 2.42. The summed E-state index contributed by atoms with van der Waals surface area (Å²) in [5, 5.41) is 0. The fraction of sp³-hybridized carbons (Fsp3) is 0.357. The zero-order valence-corrected chi connectivity index (χ0v) is 20.9. The summed E-state index contributed by atoms with van der Waals surface area (Å²) < 4.78 is 20.4. The molecule has 0 radical (unpaired) electrons. The van der Waals surface area contributed by atoms with Crippen LogP contribution in [0.25, 0.3) is 5.57 Å². The molecule has 1 aliphatic carbocycles. The SMILES string of the molecule is COC(=O)C1(C(=O)OC)C/C=C(/c2ccccc2)CC(C(=O)OC)(C(=O)OC)Cc2ccccc2C1. The Bertz CT molecular complexity index is 1130. The summed E-state index contributed by atoms with van der Waals surface area (Å²) >= 11 is 0. The van der Waals surface area contributed by atoms with Crippen LogP contribution in [0.1, 0.15) is 29.5 Å². The second-order valence-electron chi connectivity index (χ2n) is 8.73. The van der Waals surface area contributed by atoms with E-state index in [1.165, 1.54) is 28.4 Å². The van der Waals surface area contributed by atoms with Crippen LogP contribution in [-0.4, -0.2) is 52.3 Å². The Labute approximate surface area is 210 Å². The largest absolute Gasteiger partial charge is 0.468 e. The highest BCUT2D eigenvalue weighted by molar-refractivity contribution is 6.03. The van der Waals surface area contributed by atoms with Gasteiger partial charge in [0, 0.05) is 0 Å². The lowest BCUT2D eigenvalue weighted by Gasteiger charge is -2.34. The summed E-state index contributed by atoms with van der Waals surface area (Å²) in [6.45, 7) is 0. The second-order valence-corrected chi connectivity index (χ2v) is 8.73. The van der Waals surface area contributed by atoms with Crippen LogP contribution in [0.5, 0.6) is 0 Å². The maximum Gasteiger partial charge on any atom is 0.323 e. The molecule has 0 fully saturated rings. The standard InChI is InChI=1S/C28H30O8/c1-33-23(29)27(24(30)34-2)15-14-22(19-10-6-5-7-11-19)18-28(25(31)35-3,26(32)36-4)17-21-13-9-8-12-20(21)16-27/h5-14H,15-18H2,1-4H3/b22-14+. The highest BCUT2D eigenvalue weighted by atomic mass is 16.6. The molecule has 1 aliphatic rings. The van der Waals surface area contributed by atoms with E-state index in [4.69, 9.17) is 18.9 Å². The zero-order chi connectivity index (χ0) is 26.3. The lowest BCUT2D eigenvalue weighted by atomic mass is 9.69. The van der Waals surface area contributed by atoms with Crippen molar-refractivity contribution in [2.24, 2.45) is 10.8 Å². The molecule has 0 bridgehead atoms. The van der Waals surface area contributed by atoms with Crippen molar-refractivity contribution in [2.45, 2.75) is 25.7 Å². The number of ether oxygens (including phenoxy) is 4. The van der Waals surface area contributed by atoms with E-state index in [-0.39, 0.29) is 25.7 Å². The number of methoxy groups -OCH3 is 4. The van der Waals surface area contributed by atoms with Gasteiger partial charge in [-0.05, 0) is 47.9 Å². The third kappa shape index (κ3) is 4.89. The molecule has 0 saturated carbocycles. The molecule has 2 aromatic rings. The van der Waals surface area contributed by atoms with Crippen molar-refractivity contribution < 1.29 is 38.1 Å². The number of benzene rings is 2. The van der Waals surface area contributed by atoms with Crippen molar-refractivity contribution in [3.05, 3.63) is 77.4 Å². The minimum absolute atomic E-state index is 0.0560. The molecule has 0 amide bonds. The average molecular weight is 495 g/mol. The molecule has 0 spiro atoms. The zero-order valence-electron chi connectivity index (χ0n) is 20.9. The van der Waals surface area contributed by atoms with Crippen LogP contribution in [0.2, 0.25) is 0 Å². The Kier molecular flexibility index (Phi) is 8.29.